The van der Waals surface area contributed by atoms with Gasteiger partial charge in [-0.15, -0.1) is 0 Å². The first-order valence-corrected chi connectivity index (χ1v) is 9.39. The van der Waals surface area contributed by atoms with Crippen molar-refractivity contribution in [2.75, 3.05) is 26.8 Å². The molecule has 0 aliphatic heterocycles. The maximum absolute atomic E-state index is 12.1. The lowest BCUT2D eigenvalue weighted by Crippen LogP contribution is -2.41. The van der Waals surface area contributed by atoms with Crippen LogP contribution in [0.2, 0.25) is 5.02 Å². The smallest absolute Gasteiger partial charge is 0.328 e. The van der Waals surface area contributed by atoms with Crippen molar-refractivity contribution in [3.05, 3.63) is 65.2 Å². The molecule has 2 amide bonds. The summed E-state index contributed by atoms with van der Waals surface area (Å²) in [4.78, 5) is 37.6. The van der Waals surface area contributed by atoms with Crippen LogP contribution in [-0.4, -0.2) is 55.5 Å². The number of nitrogens with one attached hydrogen (secondary N) is 1. The van der Waals surface area contributed by atoms with Crippen LogP contribution in [-0.2, 0) is 14.3 Å². The third-order valence-electron chi connectivity index (χ3n) is 4.01. The molecule has 2 aromatic carbocycles. The van der Waals surface area contributed by atoms with Crippen molar-refractivity contribution in [1.29, 1.82) is 0 Å². The van der Waals surface area contributed by atoms with Gasteiger partial charge < -0.3 is 19.7 Å². The van der Waals surface area contributed by atoms with Crippen molar-refractivity contribution >= 4 is 29.4 Å². The molecule has 0 aromatic heterocycles. The molecule has 2 aromatic rings. The molecule has 154 valence electrons. The van der Waals surface area contributed by atoms with E-state index < -0.39 is 24.5 Å². The maximum atomic E-state index is 12.1. The van der Waals surface area contributed by atoms with E-state index in [0.717, 1.165) is 0 Å². The third-order valence-corrected chi connectivity index (χ3v) is 4.26. The number of nitrogens with zero attached hydrogens (tertiary/aromatic N) is 1. The molecule has 0 radical (unpaired) electrons. The molecule has 0 bridgehead atoms. The fourth-order valence-electron chi connectivity index (χ4n) is 2.25. The van der Waals surface area contributed by atoms with Crippen molar-refractivity contribution in [3.63, 3.8) is 0 Å². The molecule has 0 aliphatic carbocycles. The molecular formula is C21H23ClN2O5. The minimum absolute atomic E-state index is 0.279. The van der Waals surface area contributed by atoms with Crippen LogP contribution in [0.15, 0.2) is 54.6 Å². The second-order valence-electron chi connectivity index (χ2n) is 6.29. The van der Waals surface area contributed by atoms with E-state index >= 15 is 0 Å². The Morgan fingerprint density at radius 3 is 2.38 bits per heavy atom. The fraction of sp³-hybridized carbons (Fsp3) is 0.286. The lowest BCUT2D eigenvalue weighted by atomic mass is 10.2. The van der Waals surface area contributed by atoms with Gasteiger partial charge in [-0.1, -0.05) is 29.8 Å². The average molecular weight is 419 g/mol. The number of esters is 1. The summed E-state index contributed by atoms with van der Waals surface area (Å²) in [6.07, 6.45) is 0. The Morgan fingerprint density at radius 2 is 1.72 bits per heavy atom. The van der Waals surface area contributed by atoms with Gasteiger partial charge in [0.1, 0.15) is 18.4 Å². The SMILES string of the molecule is C[C@H](NC(=O)c1ccccc1)C(=O)OCC(=O)N(C)CCOc1ccc(Cl)cc1. The van der Waals surface area contributed by atoms with Gasteiger partial charge in [0.2, 0.25) is 0 Å². The highest BCUT2D eigenvalue weighted by Gasteiger charge is 2.20. The second kappa shape index (κ2) is 11.1. The lowest BCUT2D eigenvalue weighted by Gasteiger charge is -2.18. The van der Waals surface area contributed by atoms with Crippen LogP contribution in [0.3, 0.4) is 0 Å². The number of hydrogen-bond acceptors (Lipinski definition) is 5. The summed E-state index contributed by atoms with van der Waals surface area (Å²) in [5.74, 6) is -0.810. The first kappa shape index (κ1) is 22.2. The molecule has 29 heavy (non-hydrogen) atoms. The van der Waals surface area contributed by atoms with Gasteiger partial charge in [0.05, 0.1) is 6.54 Å². The van der Waals surface area contributed by atoms with E-state index in [1.54, 1.807) is 61.6 Å². The highest BCUT2D eigenvalue weighted by molar-refractivity contribution is 6.30. The quantitative estimate of drug-likeness (QED) is 0.632. The molecule has 7 nitrogen and oxygen atoms in total. The minimum Gasteiger partial charge on any atom is -0.492 e. The van der Waals surface area contributed by atoms with Gasteiger partial charge in [0.15, 0.2) is 6.61 Å². The van der Waals surface area contributed by atoms with E-state index in [9.17, 15) is 14.4 Å². The summed E-state index contributed by atoms with van der Waals surface area (Å²) >= 11 is 5.81. The number of ether oxygens (including phenoxy) is 2. The van der Waals surface area contributed by atoms with Crippen LogP contribution in [0.5, 0.6) is 5.75 Å². The highest BCUT2D eigenvalue weighted by Crippen LogP contribution is 2.15. The van der Waals surface area contributed by atoms with Crippen LogP contribution >= 0.6 is 11.6 Å². The number of carbonyl (C=O) groups excluding carboxylic acids is 3. The number of halogens is 1. The van der Waals surface area contributed by atoms with Crippen molar-refractivity contribution in [2.45, 2.75) is 13.0 Å². The van der Waals surface area contributed by atoms with E-state index in [2.05, 4.69) is 5.32 Å². The van der Waals surface area contributed by atoms with E-state index in [4.69, 9.17) is 21.1 Å². The summed E-state index contributed by atoms with van der Waals surface area (Å²) in [5.41, 5.74) is 0.434. The largest absolute Gasteiger partial charge is 0.492 e. The van der Waals surface area contributed by atoms with Crippen molar-refractivity contribution in [1.82, 2.24) is 10.2 Å². The molecule has 8 heteroatoms. The van der Waals surface area contributed by atoms with E-state index in [1.807, 2.05) is 0 Å². The second-order valence-corrected chi connectivity index (χ2v) is 6.72. The number of likely N-dealkylation sites (N-methyl/N-ethyl adjacent to an activating group) is 1. The third kappa shape index (κ3) is 7.46. The highest BCUT2D eigenvalue weighted by atomic mass is 35.5. The Labute approximate surface area is 174 Å². The van der Waals surface area contributed by atoms with Gasteiger partial charge >= 0.3 is 5.97 Å². The molecule has 0 saturated carbocycles. The van der Waals surface area contributed by atoms with Crippen molar-refractivity contribution in [3.8, 4) is 5.75 Å². The fourth-order valence-corrected chi connectivity index (χ4v) is 2.38. The van der Waals surface area contributed by atoms with E-state index in [0.29, 0.717) is 22.9 Å². The van der Waals surface area contributed by atoms with Gasteiger partial charge in [-0.25, -0.2) is 4.79 Å². The Morgan fingerprint density at radius 1 is 1.07 bits per heavy atom. The first-order chi connectivity index (χ1) is 13.9. The topological polar surface area (TPSA) is 84.9 Å². The Balaban J connectivity index is 1.69. The molecule has 0 aliphatic rings. The summed E-state index contributed by atoms with van der Waals surface area (Å²) in [5, 5.41) is 3.15. The Hall–Kier alpha value is -3.06. The predicted octanol–water partition coefficient (Wildman–Crippen LogP) is 2.54. The predicted molar refractivity (Wildman–Crippen MR) is 109 cm³/mol. The van der Waals surface area contributed by atoms with Gasteiger partial charge in [-0.3, -0.25) is 9.59 Å². The van der Waals surface area contributed by atoms with Crippen LogP contribution < -0.4 is 10.1 Å². The zero-order valence-electron chi connectivity index (χ0n) is 16.3. The van der Waals surface area contributed by atoms with Crippen LogP contribution in [0, 0.1) is 0 Å². The number of hydrogen-bond donors (Lipinski definition) is 1. The normalized spacial score (nSPS) is 11.3. The molecule has 0 fully saturated rings. The number of benzene rings is 2. The average Bonchev–Trinajstić information content (AvgIpc) is 2.73. The molecule has 0 unspecified atom stereocenters. The number of carbonyl (C=O) groups is 3. The molecule has 2 rings (SSSR count). The number of rotatable bonds is 9. The summed E-state index contributed by atoms with van der Waals surface area (Å²) in [6.45, 7) is 1.68. The van der Waals surface area contributed by atoms with Crippen LogP contribution in [0.25, 0.3) is 0 Å². The molecule has 1 N–H and O–H groups in total. The number of amides is 2. The van der Waals surface area contributed by atoms with Gasteiger partial charge in [0.25, 0.3) is 11.8 Å². The van der Waals surface area contributed by atoms with Gasteiger partial charge in [0, 0.05) is 17.6 Å². The first-order valence-electron chi connectivity index (χ1n) is 9.01. The van der Waals surface area contributed by atoms with Crippen molar-refractivity contribution in [2.24, 2.45) is 0 Å². The zero-order valence-corrected chi connectivity index (χ0v) is 17.0. The molecule has 1 atom stereocenters. The monoisotopic (exact) mass is 418 g/mol. The Kier molecular flexibility index (Phi) is 8.48. The van der Waals surface area contributed by atoms with Crippen LogP contribution in [0.1, 0.15) is 17.3 Å². The molecule has 0 saturated heterocycles. The minimum atomic E-state index is -0.881. The summed E-state index contributed by atoms with van der Waals surface area (Å²) in [7, 11) is 1.59. The van der Waals surface area contributed by atoms with E-state index in [1.165, 1.54) is 11.8 Å². The maximum Gasteiger partial charge on any atom is 0.328 e. The molecule has 0 heterocycles. The van der Waals surface area contributed by atoms with Crippen LogP contribution in [0.4, 0.5) is 0 Å². The van der Waals surface area contributed by atoms with Gasteiger partial charge in [-0.05, 0) is 43.3 Å². The van der Waals surface area contributed by atoms with E-state index in [-0.39, 0.29) is 12.5 Å². The zero-order chi connectivity index (χ0) is 21.2. The molecule has 0 spiro atoms. The summed E-state index contributed by atoms with van der Waals surface area (Å²) < 4.78 is 10.5. The summed E-state index contributed by atoms with van der Waals surface area (Å²) in [6, 6.07) is 14.5. The van der Waals surface area contributed by atoms with Crippen molar-refractivity contribution < 1.29 is 23.9 Å². The Bertz CT molecular complexity index is 827. The van der Waals surface area contributed by atoms with Gasteiger partial charge in [-0.2, -0.15) is 0 Å². The lowest BCUT2D eigenvalue weighted by molar-refractivity contribution is -0.152. The standard InChI is InChI=1S/C21H23ClN2O5/c1-15(23-20(26)16-6-4-3-5-7-16)21(27)29-14-19(25)24(2)12-13-28-18-10-8-17(22)9-11-18/h3-11,15H,12-14H2,1-2H3,(H,23,26)/t15-/m0/s1. The molecular weight excluding hydrogens is 396 g/mol.